The molecule has 0 amide bonds. The van der Waals surface area contributed by atoms with Crippen molar-refractivity contribution in [1.29, 1.82) is 0 Å². The minimum Gasteiger partial charge on any atom is -0.469 e. The van der Waals surface area contributed by atoms with E-state index in [1.165, 1.54) is 0 Å². The number of methoxy groups -OCH3 is 1. The van der Waals surface area contributed by atoms with Gasteiger partial charge in [-0.05, 0) is 6.07 Å². The van der Waals surface area contributed by atoms with E-state index >= 15 is 0 Å². The Morgan fingerprint density at radius 1 is 1.69 bits per heavy atom. The van der Waals surface area contributed by atoms with Gasteiger partial charge in [-0.25, -0.2) is 0 Å². The molecule has 0 fully saturated rings. The highest BCUT2D eigenvalue weighted by molar-refractivity contribution is 5.21. The van der Waals surface area contributed by atoms with Crippen LogP contribution in [0.5, 0.6) is 0 Å². The highest BCUT2D eigenvalue weighted by Gasteiger charge is 2.14. The summed E-state index contributed by atoms with van der Waals surface area (Å²) in [6, 6.07) is 1.93. The van der Waals surface area contributed by atoms with Gasteiger partial charge < -0.3 is 9.15 Å². The molecule has 4 heteroatoms. The Balaban J connectivity index is 2.77. The minimum atomic E-state index is 0.0127. The van der Waals surface area contributed by atoms with Gasteiger partial charge in [-0.3, -0.25) is 11.3 Å². The molecule has 0 aromatic carbocycles. The molecule has 4 nitrogen and oxygen atoms in total. The summed E-state index contributed by atoms with van der Waals surface area (Å²) >= 11 is 0. The number of rotatable bonds is 5. The number of nitrogens with one attached hydrogen (secondary N) is 1. The van der Waals surface area contributed by atoms with Crippen molar-refractivity contribution >= 4 is 0 Å². The lowest BCUT2D eigenvalue weighted by Crippen LogP contribution is -2.31. The second-order valence-electron chi connectivity index (χ2n) is 2.83. The predicted octanol–water partition coefficient (Wildman–Crippen LogP) is 0.993. The Labute approximate surface area is 78.0 Å². The third kappa shape index (κ3) is 2.30. The van der Waals surface area contributed by atoms with Crippen molar-refractivity contribution in [2.24, 2.45) is 5.84 Å². The van der Waals surface area contributed by atoms with Crippen LogP contribution in [0.25, 0.3) is 0 Å². The van der Waals surface area contributed by atoms with Crippen molar-refractivity contribution in [2.75, 3.05) is 13.7 Å². The highest BCUT2D eigenvalue weighted by atomic mass is 16.5. The first-order valence-corrected chi connectivity index (χ1v) is 4.34. The van der Waals surface area contributed by atoms with Crippen LogP contribution < -0.4 is 11.3 Å². The zero-order valence-corrected chi connectivity index (χ0v) is 8.04. The van der Waals surface area contributed by atoms with Crippen LogP contribution in [-0.4, -0.2) is 13.7 Å². The van der Waals surface area contributed by atoms with Gasteiger partial charge in [0.15, 0.2) is 0 Å². The zero-order chi connectivity index (χ0) is 9.68. The van der Waals surface area contributed by atoms with Gasteiger partial charge in [-0.2, -0.15) is 0 Å². The number of furan rings is 1. The lowest BCUT2D eigenvalue weighted by atomic mass is 10.1. The smallest absolute Gasteiger partial charge is 0.108 e. The van der Waals surface area contributed by atoms with Crippen molar-refractivity contribution in [1.82, 2.24) is 5.43 Å². The van der Waals surface area contributed by atoms with Crippen molar-refractivity contribution in [3.63, 3.8) is 0 Å². The fourth-order valence-electron chi connectivity index (χ4n) is 1.34. The Kier molecular flexibility index (Phi) is 3.95. The lowest BCUT2D eigenvalue weighted by Gasteiger charge is -2.14. The number of nitrogens with two attached hydrogens (primary N) is 1. The van der Waals surface area contributed by atoms with Crippen molar-refractivity contribution in [3.05, 3.63) is 23.7 Å². The molecule has 0 bridgehead atoms. The SMILES string of the molecule is CCc1occc1C(COC)NN. The van der Waals surface area contributed by atoms with Crippen LogP contribution in [0, 0.1) is 0 Å². The van der Waals surface area contributed by atoms with E-state index in [0.29, 0.717) is 6.61 Å². The Hall–Kier alpha value is -0.840. The van der Waals surface area contributed by atoms with Gasteiger partial charge in [-0.1, -0.05) is 6.92 Å². The number of hydrazine groups is 1. The average Bonchev–Trinajstić information content (AvgIpc) is 2.61. The molecule has 1 unspecified atom stereocenters. The maximum Gasteiger partial charge on any atom is 0.108 e. The monoisotopic (exact) mass is 184 g/mol. The maximum absolute atomic E-state index is 5.40. The van der Waals surface area contributed by atoms with Gasteiger partial charge in [0.1, 0.15) is 5.76 Å². The molecule has 0 spiro atoms. The lowest BCUT2D eigenvalue weighted by molar-refractivity contribution is 0.166. The second kappa shape index (κ2) is 5.01. The van der Waals surface area contributed by atoms with Crippen LogP contribution >= 0.6 is 0 Å². The van der Waals surface area contributed by atoms with E-state index in [1.54, 1.807) is 13.4 Å². The number of aryl methyl sites for hydroxylation is 1. The van der Waals surface area contributed by atoms with Gasteiger partial charge in [0.25, 0.3) is 0 Å². The summed E-state index contributed by atoms with van der Waals surface area (Å²) < 4.78 is 10.3. The molecule has 1 atom stereocenters. The molecule has 0 saturated carbocycles. The van der Waals surface area contributed by atoms with Crippen LogP contribution in [0.3, 0.4) is 0 Å². The van der Waals surface area contributed by atoms with Crippen LogP contribution in [0.15, 0.2) is 16.7 Å². The van der Waals surface area contributed by atoms with Crippen molar-refractivity contribution in [3.8, 4) is 0 Å². The standard InChI is InChI=1S/C9H16N2O2/c1-3-9-7(4-5-13-9)8(11-10)6-12-2/h4-5,8,11H,3,6,10H2,1-2H3. The molecule has 1 rings (SSSR count). The number of ether oxygens (including phenoxy) is 1. The molecule has 0 aliphatic carbocycles. The van der Waals surface area contributed by atoms with Crippen molar-refractivity contribution in [2.45, 2.75) is 19.4 Å². The topological polar surface area (TPSA) is 60.4 Å². The summed E-state index contributed by atoms with van der Waals surface area (Å²) in [4.78, 5) is 0. The molecule has 0 aliphatic heterocycles. The molecule has 74 valence electrons. The van der Waals surface area contributed by atoms with Crippen molar-refractivity contribution < 1.29 is 9.15 Å². The molecule has 1 heterocycles. The molecular weight excluding hydrogens is 168 g/mol. The maximum atomic E-state index is 5.40. The largest absolute Gasteiger partial charge is 0.469 e. The van der Waals surface area contributed by atoms with E-state index in [9.17, 15) is 0 Å². The molecule has 1 aromatic heterocycles. The van der Waals surface area contributed by atoms with E-state index in [-0.39, 0.29) is 6.04 Å². The average molecular weight is 184 g/mol. The molecule has 1 aromatic rings. The molecule has 0 radical (unpaired) electrons. The Morgan fingerprint density at radius 2 is 2.46 bits per heavy atom. The van der Waals surface area contributed by atoms with Gasteiger partial charge in [-0.15, -0.1) is 0 Å². The Bertz CT molecular complexity index is 248. The summed E-state index contributed by atoms with van der Waals surface area (Å²) in [7, 11) is 1.65. The second-order valence-corrected chi connectivity index (χ2v) is 2.83. The van der Waals surface area contributed by atoms with E-state index in [2.05, 4.69) is 5.43 Å². The van der Waals surface area contributed by atoms with Crippen LogP contribution in [0.4, 0.5) is 0 Å². The third-order valence-electron chi connectivity index (χ3n) is 2.01. The van der Waals surface area contributed by atoms with Gasteiger partial charge in [0.2, 0.25) is 0 Å². The summed E-state index contributed by atoms with van der Waals surface area (Å²) in [5, 5.41) is 0. The summed E-state index contributed by atoms with van der Waals surface area (Å²) in [5.41, 5.74) is 3.77. The van der Waals surface area contributed by atoms with E-state index in [4.69, 9.17) is 15.0 Å². The third-order valence-corrected chi connectivity index (χ3v) is 2.01. The van der Waals surface area contributed by atoms with E-state index in [1.807, 2.05) is 13.0 Å². The normalized spacial score (nSPS) is 13.2. The molecule has 13 heavy (non-hydrogen) atoms. The summed E-state index contributed by atoms with van der Waals surface area (Å²) in [6.07, 6.45) is 2.54. The fraction of sp³-hybridized carbons (Fsp3) is 0.556. The first kappa shape index (κ1) is 10.2. The van der Waals surface area contributed by atoms with Gasteiger partial charge >= 0.3 is 0 Å². The van der Waals surface area contributed by atoms with Gasteiger partial charge in [0.05, 0.1) is 18.9 Å². The number of hydrogen-bond acceptors (Lipinski definition) is 4. The van der Waals surface area contributed by atoms with Crippen LogP contribution in [0.2, 0.25) is 0 Å². The molecule has 0 saturated heterocycles. The highest BCUT2D eigenvalue weighted by Crippen LogP contribution is 2.19. The molecule has 0 aliphatic rings. The molecule has 3 N–H and O–H groups in total. The summed E-state index contributed by atoms with van der Waals surface area (Å²) in [6.45, 7) is 2.59. The van der Waals surface area contributed by atoms with E-state index < -0.39 is 0 Å². The quantitative estimate of drug-likeness (QED) is 0.529. The first-order valence-electron chi connectivity index (χ1n) is 4.34. The molecular formula is C9H16N2O2. The number of hydrogen-bond donors (Lipinski definition) is 2. The predicted molar refractivity (Wildman–Crippen MR) is 50.0 cm³/mol. The zero-order valence-electron chi connectivity index (χ0n) is 8.04. The fourth-order valence-corrected chi connectivity index (χ4v) is 1.34. The van der Waals surface area contributed by atoms with E-state index in [0.717, 1.165) is 17.7 Å². The Morgan fingerprint density at radius 3 is 3.00 bits per heavy atom. The minimum absolute atomic E-state index is 0.0127. The summed E-state index contributed by atoms with van der Waals surface area (Å²) in [5.74, 6) is 6.36. The van der Waals surface area contributed by atoms with Gasteiger partial charge in [0, 0.05) is 19.1 Å². The van der Waals surface area contributed by atoms with Crippen LogP contribution in [-0.2, 0) is 11.2 Å². The first-order chi connectivity index (χ1) is 6.33. The van der Waals surface area contributed by atoms with Crippen LogP contribution in [0.1, 0.15) is 24.3 Å².